The molecule has 1 atom stereocenters. The minimum Gasteiger partial charge on any atom is -0.377 e. The van der Waals surface area contributed by atoms with Crippen LogP contribution in [0.25, 0.3) is 0 Å². The second-order valence-electron chi connectivity index (χ2n) is 6.67. The fraction of sp³-hybridized carbons (Fsp3) is 0.632. The van der Waals surface area contributed by atoms with Crippen LogP contribution in [-0.2, 0) is 17.6 Å². The minimum atomic E-state index is 0. The van der Waals surface area contributed by atoms with Crippen LogP contribution in [0.1, 0.15) is 37.3 Å². The van der Waals surface area contributed by atoms with Crippen molar-refractivity contribution in [2.45, 2.75) is 45.1 Å². The summed E-state index contributed by atoms with van der Waals surface area (Å²) in [5, 5.41) is 3.29. The molecule has 1 aliphatic rings. The van der Waals surface area contributed by atoms with Crippen molar-refractivity contribution in [1.29, 1.82) is 0 Å². The average Bonchev–Trinajstić information content (AvgIpc) is 2.57. The number of nitrogens with zero attached hydrogens (tertiary/aromatic N) is 2. The number of benzene rings is 1. The minimum absolute atomic E-state index is 0. The first-order chi connectivity index (χ1) is 11.6. The first-order valence-corrected chi connectivity index (χ1v) is 9.04. The summed E-state index contributed by atoms with van der Waals surface area (Å²) in [5.41, 5.74) is 10.1. The molecule has 1 aromatic rings. The Balaban J connectivity index is 0.00000312. The van der Waals surface area contributed by atoms with Gasteiger partial charge in [-0.05, 0) is 70.3 Å². The van der Waals surface area contributed by atoms with Crippen molar-refractivity contribution >= 4 is 35.6 Å². The number of hydrogen-bond acceptors (Lipinski definition) is 3. The van der Waals surface area contributed by atoms with Crippen LogP contribution in [0.15, 0.2) is 23.2 Å². The van der Waals surface area contributed by atoms with Crippen molar-refractivity contribution in [3.8, 4) is 0 Å². The van der Waals surface area contributed by atoms with Crippen LogP contribution in [0.2, 0.25) is 0 Å². The molecule has 0 bridgehead atoms. The number of fused-ring (bicyclic) bond motifs is 1. The molecule has 0 radical (unpaired) electrons. The van der Waals surface area contributed by atoms with Crippen LogP contribution in [0.4, 0.5) is 5.69 Å². The van der Waals surface area contributed by atoms with Crippen LogP contribution in [0.3, 0.4) is 0 Å². The van der Waals surface area contributed by atoms with Crippen molar-refractivity contribution < 1.29 is 4.74 Å². The van der Waals surface area contributed by atoms with Crippen molar-refractivity contribution in [3.05, 3.63) is 29.3 Å². The van der Waals surface area contributed by atoms with Crippen LogP contribution in [0.5, 0.6) is 0 Å². The lowest BCUT2D eigenvalue weighted by molar-refractivity contribution is 0.0583. The standard InChI is InChI=1S/C19H32N4O.HI/c1-4-24-16(12-13-23(2)3)14-21-19(20)22-18-11-7-9-15-8-5-6-10-17(15)18;/h7,9,11,16H,4-6,8,10,12-14H2,1-3H3,(H3,20,21,22);1H. The lowest BCUT2D eigenvalue weighted by atomic mass is 9.90. The third-order valence-electron chi connectivity index (χ3n) is 4.42. The number of nitrogens with one attached hydrogen (secondary N) is 1. The highest BCUT2D eigenvalue weighted by atomic mass is 127. The molecule has 0 spiro atoms. The van der Waals surface area contributed by atoms with Crippen LogP contribution in [0, 0.1) is 0 Å². The second-order valence-corrected chi connectivity index (χ2v) is 6.67. The Labute approximate surface area is 169 Å². The maximum Gasteiger partial charge on any atom is 0.193 e. The lowest BCUT2D eigenvalue weighted by Gasteiger charge is -2.20. The van der Waals surface area contributed by atoms with E-state index in [1.165, 1.54) is 30.4 Å². The summed E-state index contributed by atoms with van der Waals surface area (Å²) in [4.78, 5) is 6.67. The molecule has 5 nitrogen and oxygen atoms in total. The largest absolute Gasteiger partial charge is 0.377 e. The molecule has 0 heterocycles. The van der Waals surface area contributed by atoms with E-state index in [-0.39, 0.29) is 30.1 Å². The van der Waals surface area contributed by atoms with E-state index in [2.05, 4.69) is 47.5 Å². The highest BCUT2D eigenvalue weighted by Crippen LogP contribution is 2.27. The first-order valence-electron chi connectivity index (χ1n) is 9.04. The Morgan fingerprint density at radius 1 is 1.32 bits per heavy atom. The molecule has 1 aliphatic carbocycles. The summed E-state index contributed by atoms with van der Waals surface area (Å²) in [6.45, 7) is 4.30. The van der Waals surface area contributed by atoms with Crippen LogP contribution < -0.4 is 11.1 Å². The van der Waals surface area contributed by atoms with Gasteiger partial charge in [0.2, 0.25) is 0 Å². The van der Waals surface area contributed by atoms with Gasteiger partial charge in [-0.3, -0.25) is 4.99 Å². The van der Waals surface area contributed by atoms with Gasteiger partial charge in [-0.25, -0.2) is 0 Å². The number of halogens is 1. The smallest absolute Gasteiger partial charge is 0.193 e. The van der Waals surface area contributed by atoms with E-state index in [0.29, 0.717) is 19.1 Å². The zero-order valence-electron chi connectivity index (χ0n) is 15.8. The fourth-order valence-electron chi connectivity index (χ4n) is 3.14. The van der Waals surface area contributed by atoms with Gasteiger partial charge in [-0.2, -0.15) is 0 Å². The molecule has 0 aliphatic heterocycles. The van der Waals surface area contributed by atoms with Crippen molar-refractivity contribution in [3.63, 3.8) is 0 Å². The molecule has 1 aromatic carbocycles. The van der Waals surface area contributed by atoms with E-state index >= 15 is 0 Å². The molecule has 3 N–H and O–H groups in total. The molecular formula is C19H33IN4O. The fourth-order valence-corrected chi connectivity index (χ4v) is 3.14. The van der Waals surface area contributed by atoms with Crippen molar-refractivity contribution in [2.24, 2.45) is 10.7 Å². The highest BCUT2D eigenvalue weighted by molar-refractivity contribution is 14.0. The van der Waals surface area contributed by atoms with Crippen molar-refractivity contribution in [2.75, 3.05) is 39.1 Å². The summed E-state index contributed by atoms with van der Waals surface area (Å²) < 4.78 is 5.77. The number of aryl methyl sites for hydroxylation is 1. The van der Waals surface area contributed by atoms with E-state index in [0.717, 1.165) is 25.1 Å². The number of nitrogens with two attached hydrogens (primary N) is 1. The third kappa shape index (κ3) is 7.50. The predicted octanol–water partition coefficient (Wildman–Crippen LogP) is 3.27. The van der Waals surface area contributed by atoms with Crippen LogP contribution in [-0.4, -0.2) is 50.8 Å². The summed E-state index contributed by atoms with van der Waals surface area (Å²) in [6, 6.07) is 6.41. The summed E-state index contributed by atoms with van der Waals surface area (Å²) in [5.74, 6) is 0.475. The Kier molecular flexibility index (Phi) is 10.4. The third-order valence-corrected chi connectivity index (χ3v) is 4.42. The zero-order valence-corrected chi connectivity index (χ0v) is 18.1. The average molecular weight is 460 g/mol. The first kappa shape index (κ1) is 22.2. The topological polar surface area (TPSA) is 62.9 Å². The van der Waals surface area contributed by atoms with Gasteiger partial charge in [0, 0.05) is 18.8 Å². The van der Waals surface area contributed by atoms with Gasteiger partial charge in [-0.15, -0.1) is 24.0 Å². The molecule has 0 saturated carbocycles. The molecule has 25 heavy (non-hydrogen) atoms. The SMILES string of the molecule is CCOC(CCN(C)C)CN=C(N)Nc1cccc2c1CCCC2.I. The molecule has 0 aromatic heterocycles. The highest BCUT2D eigenvalue weighted by Gasteiger charge is 2.13. The molecule has 0 saturated heterocycles. The van der Waals surface area contributed by atoms with E-state index in [4.69, 9.17) is 10.5 Å². The molecule has 6 heteroatoms. The quantitative estimate of drug-likeness (QED) is 0.355. The van der Waals surface area contributed by atoms with Gasteiger partial charge in [0.25, 0.3) is 0 Å². The number of hydrogen-bond donors (Lipinski definition) is 2. The summed E-state index contributed by atoms with van der Waals surface area (Å²) >= 11 is 0. The van der Waals surface area contributed by atoms with E-state index < -0.39 is 0 Å². The lowest BCUT2D eigenvalue weighted by Crippen LogP contribution is -2.28. The van der Waals surface area contributed by atoms with Gasteiger partial charge in [0.1, 0.15) is 0 Å². The zero-order chi connectivity index (χ0) is 17.4. The number of aliphatic imine (C=N–C) groups is 1. The Bertz CT molecular complexity index is 548. The van der Waals surface area contributed by atoms with E-state index in [1.54, 1.807) is 0 Å². The maximum atomic E-state index is 6.11. The second kappa shape index (κ2) is 11.7. The number of rotatable bonds is 8. The molecule has 2 rings (SSSR count). The van der Waals surface area contributed by atoms with Crippen molar-refractivity contribution in [1.82, 2.24) is 4.90 Å². The molecule has 1 unspecified atom stereocenters. The normalized spacial score (nSPS) is 15.4. The maximum absolute atomic E-state index is 6.11. The molecule has 0 amide bonds. The van der Waals surface area contributed by atoms with Gasteiger partial charge in [0.15, 0.2) is 5.96 Å². The summed E-state index contributed by atoms with van der Waals surface area (Å²) in [7, 11) is 4.14. The van der Waals surface area contributed by atoms with Gasteiger partial charge >= 0.3 is 0 Å². The van der Waals surface area contributed by atoms with E-state index in [1.807, 2.05) is 6.92 Å². The van der Waals surface area contributed by atoms with Crippen LogP contribution >= 0.6 is 24.0 Å². The van der Waals surface area contributed by atoms with Gasteiger partial charge in [-0.1, -0.05) is 12.1 Å². The monoisotopic (exact) mass is 460 g/mol. The summed E-state index contributed by atoms with van der Waals surface area (Å²) in [6.07, 6.45) is 5.89. The Hall–Kier alpha value is -0.860. The molecule has 142 valence electrons. The molecular weight excluding hydrogens is 427 g/mol. The number of guanidine groups is 1. The molecule has 0 fully saturated rings. The Morgan fingerprint density at radius 3 is 2.80 bits per heavy atom. The Morgan fingerprint density at radius 2 is 2.08 bits per heavy atom. The van der Waals surface area contributed by atoms with Gasteiger partial charge < -0.3 is 20.7 Å². The van der Waals surface area contributed by atoms with E-state index in [9.17, 15) is 0 Å². The number of anilines is 1. The predicted molar refractivity (Wildman–Crippen MR) is 117 cm³/mol. The number of ether oxygens (including phenoxy) is 1. The van der Waals surface area contributed by atoms with Gasteiger partial charge in [0.05, 0.1) is 12.6 Å².